The van der Waals surface area contributed by atoms with Crippen LogP contribution in [0.25, 0.3) is 10.6 Å². The summed E-state index contributed by atoms with van der Waals surface area (Å²) in [5.74, 6) is -0.0361. The molecule has 0 amide bonds. The van der Waals surface area contributed by atoms with Crippen molar-refractivity contribution in [1.82, 2.24) is 15.5 Å². The van der Waals surface area contributed by atoms with Crippen LogP contribution in [0.3, 0.4) is 0 Å². The van der Waals surface area contributed by atoms with E-state index in [4.69, 9.17) is 0 Å². The molecule has 2 N–H and O–H groups in total. The quantitative estimate of drug-likeness (QED) is 0.718. The van der Waals surface area contributed by atoms with Gasteiger partial charge in [-0.05, 0) is 43.7 Å². The van der Waals surface area contributed by atoms with Gasteiger partial charge in [0.05, 0.1) is 6.04 Å². The summed E-state index contributed by atoms with van der Waals surface area (Å²) in [5, 5.41) is 22.9. The smallest absolute Gasteiger partial charge is 0.147 e. The number of phenolic OH excluding ortho intramolecular Hbond substituents is 1. The van der Waals surface area contributed by atoms with Crippen LogP contribution in [0.5, 0.6) is 5.75 Å². The molecule has 0 spiro atoms. The Bertz CT molecular complexity index is 836. The van der Waals surface area contributed by atoms with E-state index in [-0.39, 0.29) is 23.7 Å². The van der Waals surface area contributed by atoms with Gasteiger partial charge in [0.25, 0.3) is 0 Å². The van der Waals surface area contributed by atoms with Gasteiger partial charge in [-0.15, -0.1) is 10.2 Å². The van der Waals surface area contributed by atoms with Crippen molar-refractivity contribution >= 4 is 11.3 Å². The third-order valence-electron chi connectivity index (χ3n) is 3.75. The van der Waals surface area contributed by atoms with Crippen LogP contribution in [-0.4, -0.2) is 15.3 Å². The van der Waals surface area contributed by atoms with E-state index in [0.29, 0.717) is 5.01 Å². The minimum atomic E-state index is -0.284. The molecule has 4 nitrogen and oxygen atoms in total. The number of nitrogens with zero attached hydrogens (tertiary/aromatic N) is 2. The number of phenols is 1. The highest BCUT2D eigenvalue weighted by Crippen LogP contribution is 2.28. The molecule has 0 aliphatic heterocycles. The highest BCUT2D eigenvalue weighted by molar-refractivity contribution is 7.14. The zero-order valence-electron chi connectivity index (χ0n) is 13.4. The molecule has 124 valence electrons. The molecule has 0 bridgehead atoms. The number of benzene rings is 2. The van der Waals surface area contributed by atoms with E-state index in [1.165, 1.54) is 23.5 Å². The number of aromatic nitrogens is 2. The summed E-state index contributed by atoms with van der Waals surface area (Å²) in [6.45, 7) is 4.04. The summed E-state index contributed by atoms with van der Waals surface area (Å²) in [6, 6.07) is 13.6. The number of rotatable bonds is 5. The fourth-order valence-corrected chi connectivity index (χ4v) is 3.34. The maximum atomic E-state index is 13.3. The van der Waals surface area contributed by atoms with Crippen molar-refractivity contribution < 1.29 is 9.50 Å². The third kappa shape index (κ3) is 3.77. The lowest BCUT2D eigenvalue weighted by Crippen LogP contribution is -2.22. The molecule has 0 radical (unpaired) electrons. The predicted molar refractivity (Wildman–Crippen MR) is 93.4 cm³/mol. The number of nitrogens with one attached hydrogen (secondary N) is 1. The van der Waals surface area contributed by atoms with Crippen LogP contribution in [0.1, 0.15) is 36.5 Å². The van der Waals surface area contributed by atoms with Crippen molar-refractivity contribution in [3.63, 3.8) is 0 Å². The molecule has 1 heterocycles. The van der Waals surface area contributed by atoms with Gasteiger partial charge in [0.15, 0.2) is 0 Å². The summed E-state index contributed by atoms with van der Waals surface area (Å²) in [7, 11) is 0. The molecule has 0 saturated heterocycles. The zero-order chi connectivity index (χ0) is 17.1. The summed E-state index contributed by atoms with van der Waals surface area (Å²) >= 11 is 1.44. The number of halogens is 1. The Morgan fingerprint density at radius 3 is 2.58 bits per heavy atom. The summed E-state index contributed by atoms with van der Waals surface area (Å²) in [6.07, 6.45) is 0. The second kappa shape index (κ2) is 7.07. The van der Waals surface area contributed by atoms with Crippen molar-refractivity contribution in [1.29, 1.82) is 0 Å². The molecule has 0 saturated carbocycles. The van der Waals surface area contributed by atoms with Crippen LogP contribution >= 0.6 is 11.3 Å². The molecule has 0 aliphatic rings. The molecule has 0 fully saturated rings. The molecule has 3 aromatic rings. The SMILES string of the molecule is C[C@H](N[C@H](C)c1nnc(-c2cccc(F)c2)s1)c1cccc(O)c1. The Hall–Kier alpha value is -2.31. The molecule has 24 heavy (non-hydrogen) atoms. The monoisotopic (exact) mass is 343 g/mol. The largest absolute Gasteiger partial charge is 0.508 e. The van der Waals surface area contributed by atoms with Gasteiger partial charge in [-0.1, -0.05) is 35.6 Å². The predicted octanol–water partition coefficient (Wildman–Crippen LogP) is 4.46. The Morgan fingerprint density at radius 2 is 1.83 bits per heavy atom. The first-order chi connectivity index (χ1) is 11.5. The van der Waals surface area contributed by atoms with Gasteiger partial charge >= 0.3 is 0 Å². The summed E-state index contributed by atoms with van der Waals surface area (Å²) in [5.41, 5.74) is 1.73. The van der Waals surface area contributed by atoms with Crippen LogP contribution in [0, 0.1) is 5.82 Å². The highest BCUT2D eigenvalue weighted by atomic mass is 32.1. The molecule has 2 aromatic carbocycles. The van der Waals surface area contributed by atoms with E-state index in [1.54, 1.807) is 18.2 Å². The van der Waals surface area contributed by atoms with E-state index in [9.17, 15) is 9.50 Å². The van der Waals surface area contributed by atoms with Crippen LogP contribution < -0.4 is 5.32 Å². The van der Waals surface area contributed by atoms with E-state index < -0.39 is 0 Å². The first kappa shape index (κ1) is 16.5. The van der Waals surface area contributed by atoms with E-state index >= 15 is 0 Å². The Kier molecular flexibility index (Phi) is 4.87. The highest BCUT2D eigenvalue weighted by Gasteiger charge is 2.16. The fraction of sp³-hybridized carbons (Fsp3) is 0.222. The second-order valence-corrected chi connectivity index (χ2v) is 6.67. The number of hydrogen-bond donors (Lipinski definition) is 2. The minimum Gasteiger partial charge on any atom is -0.508 e. The van der Waals surface area contributed by atoms with Crippen LogP contribution in [-0.2, 0) is 0 Å². The van der Waals surface area contributed by atoms with Crippen molar-refractivity contribution in [2.45, 2.75) is 25.9 Å². The zero-order valence-corrected chi connectivity index (χ0v) is 14.2. The topological polar surface area (TPSA) is 58.0 Å². The number of aromatic hydroxyl groups is 1. The Morgan fingerprint density at radius 1 is 1.04 bits per heavy atom. The Labute approximate surface area is 144 Å². The van der Waals surface area contributed by atoms with Gasteiger partial charge in [-0.3, -0.25) is 0 Å². The van der Waals surface area contributed by atoms with Gasteiger partial charge in [-0.25, -0.2) is 4.39 Å². The molecule has 0 unspecified atom stereocenters. The van der Waals surface area contributed by atoms with Crippen molar-refractivity contribution in [2.75, 3.05) is 0 Å². The van der Waals surface area contributed by atoms with E-state index in [1.807, 2.05) is 32.0 Å². The molecule has 6 heteroatoms. The van der Waals surface area contributed by atoms with Gasteiger partial charge in [0.2, 0.25) is 0 Å². The molecule has 2 atom stereocenters. The average molecular weight is 343 g/mol. The fourth-order valence-electron chi connectivity index (χ4n) is 2.48. The molecule has 0 aliphatic carbocycles. The van der Waals surface area contributed by atoms with Gasteiger partial charge in [-0.2, -0.15) is 0 Å². The summed E-state index contributed by atoms with van der Waals surface area (Å²) in [4.78, 5) is 0. The average Bonchev–Trinajstić information content (AvgIpc) is 3.05. The van der Waals surface area contributed by atoms with Gasteiger partial charge < -0.3 is 10.4 Å². The van der Waals surface area contributed by atoms with Crippen molar-refractivity contribution in [3.05, 3.63) is 64.9 Å². The summed E-state index contributed by atoms with van der Waals surface area (Å²) < 4.78 is 13.3. The molecule has 3 rings (SSSR count). The molecular formula is C18H18FN3OS. The second-order valence-electron chi connectivity index (χ2n) is 5.66. The third-order valence-corrected chi connectivity index (χ3v) is 4.91. The first-order valence-electron chi connectivity index (χ1n) is 7.67. The molecule has 1 aromatic heterocycles. The van der Waals surface area contributed by atoms with Gasteiger partial charge in [0.1, 0.15) is 21.6 Å². The minimum absolute atomic E-state index is 0.0119. The van der Waals surface area contributed by atoms with E-state index in [0.717, 1.165) is 16.1 Å². The number of hydrogen-bond acceptors (Lipinski definition) is 5. The maximum absolute atomic E-state index is 13.3. The van der Waals surface area contributed by atoms with Crippen molar-refractivity contribution in [2.24, 2.45) is 0 Å². The van der Waals surface area contributed by atoms with Crippen molar-refractivity contribution in [3.8, 4) is 16.3 Å². The maximum Gasteiger partial charge on any atom is 0.147 e. The Balaban J connectivity index is 1.73. The van der Waals surface area contributed by atoms with Crippen LogP contribution in [0.15, 0.2) is 48.5 Å². The van der Waals surface area contributed by atoms with Crippen LogP contribution in [0.4, 0.5) is 4.39 Å². The van der Waals surface area contributed by atoms with E-state index in [2.05, 4.69) is 15.5 Å². The normalized spacial score (nSPS) is 13.6. The first-order valence-corrected chi connectivity index (χ1v) is 8.49. The lowest BCUT2D eigenvalue weighted by Gasteiger charge is -2.18. The standard InChI is InChI=1S/C18H18FN3OS/c1-11(13-5-4-8-16(23)10-13)20-12(2)17-21-22-18(24-17)14-6-3-7-15(19)9-14/h3-12,20,23H,1-2H3/t11-,12+/m0/s1. The van der Waals surface area contributed by atoms with Gasteiger partial charge in [0, 0.05) is 11.6 Å². The lowest BCUT2D eigenvalue weighted by molar-refractivity contribution is 0.465. The lowest BCUT2D eigenvalue weighted by atomic mass is 10.1. The van der Waals surface area contributed by atoms with Crippen LogP contribution in [0.2, 0.25) is 0 Å². The molecular weight excluding hydrogens is 325 g/mol.